The molecule has 0 aromatic heterocycles. The number of carbonyl (C=O) groups is 1. The summed E-state index contributed by atoms with van der Waals surface area (Å²) in [6.07, 6.45) is 0.993. The number of anilines is 2. The molecule has 4 nitrogen and oxygen atoms in total. The Balaban J connectivity index is 1.72. The van der Waals surface area contributed by atoms with Crippen molar-refractivity contribution in [2.45, 2.75) is 13.3 Å². The lowest BCUT2D eigenvalue weighted by Crippen LogP contribution is -2.35. The van der Waals surface area contributed by atoms with Gasteiger partial charge in [0.1, 0.15) is 0 Å². The molecule has 0 atom stereocenters. The van der Waals surface area contributed by atoms with Gasteiger partial charge in [0, 0.05) is 57.2 Å². The Kier molecular flexibility index (Phi) is 5.27. The lowest BCUT2D eigenvalue weighted by atomic mass is 10.1. The Morgan fingerprint density at radius 3 is 2.52 bits per heavy atom. The molecule has 1 amide bonds. The van der Waals surface area contributed by atoms with Crippen LogP contribution in [-0.2, 0) is 0 Å². The fourth-order valence-electron chi connectivity index (χ4n) is 3.38. The highest BCUT2D eigenvalue weighted by Crippen LogP contribution is 2.22. The van der Waals surface area contributed by atoms with Crippen LogP contribution < -0.4 is 9.80 Å². The predicted octanol–water partition coefficient (Wildman–Crippen LogP) is 3.41. The van der Waals surface area contributed by atoms with Gasteiger partial charge >= 0.3 is 0 Å². The number of para-hydroxylation sites is 1. The van der Waals surface area contributed by atoms with E-state index in [1.807, 2.05) is 48.2 Å². The number of carbonyl (C=O) groups excluding carboxylic acids is 1. The molecule has 1 aliphatic heterocycles. The number of rotatable bonds is 3. The first-order valence-electron chi connectivity index (χ1n) is 8.93. The van der Waals surface area contributed by atoms with Crippen molar-refractivity contribution < 1.29 is 4.79 Å². The van der Waals surface area contributed by atoms with E-state index in [4.69, 9.17) is 0 Å². The van der Waals surface area contributed by atoms with Crippen LogP contribution in [0, 0.1) is 6.92 Å². The summed E-state index contributed by atoms with van der Waals surface area (Å²) in [5.41, 5.74) is 4.41. The molecule has 0 radical (unpaired) electrons. The van der Waals surface area contributed by atoms with E-state index in [-0.39, 0.29) is 5.91 Å². The van der Waals surface area contributed by atoms with E-state index in [2.05, 4.69) is 36.1 Å². The van der Waals surface area contributed by atoms with Crippen molar-refractivity contribution in [2.24, 2.45) is 0 Å². The molecular weight excluding hydrogens is 310 g/mol. The fraction of sp³-hybridized carbons (Fsp3) is 0.381. The van der Waals surface area contributed by atoms with E-state index < -0.39 is 0 Å². The standard InChI is InChI=1S/C21H27N3O/c1-17-8-4-5-11-20(17)23-12-7-13-24(15-14-23)21(25)18-9-6-10-19(16-18)22(2)3/h4-6,8-11,16H,7,12-15H2,1-3H3. The van der Waals surface area contributed by atoms with Crippen molar-refractivity contribution in [2.75, 3.05) is 50.1 Å². The van der Waals surface area contributed by atoms with Crippen molar-refractivity contribution in [1.29, 1.82) is 0 Å². The zero-order valence-corrected chi connectivity index (χ0v) is 15.4. The minimum atomic E-state index is 0.135. The minimum absolute atomic E-state index is 0.135. The number of hydrogen-bond acceptors (Lipinski definition) is 3. The largest absolute Gasteiger partial charge is 0.378 e. The monoisotopic (exact) mass is 337 g/mol. The molecule has 1 fully saturated rings. The normalized spacial score (nSPS) is 15.0. The molecule has 4 heteroatoms. The number of nitrogens with zero attached hydrogens (tertiary/aromatic N) is 3. The van der Waals surface area contributed by atoms with Crippen molar-refractivity contribution in [1.82, 2.24) is 4.90 Å². The van der Waals surface area contributed by atoms with Gasteiger partial charge < -0.3 is 14.7 Å². The highest BCUT2D eigenvalue weighted by Gasteiger charge is 2.21. The molecule has 0 unspecified atom stereocenters. The predicted molar refractivity (Wildman–Crippen MR) is 105 cm³/mol. The molecule has 1 saturated heterocycles. The molecule has 1 aliphatic rings. The molecular formula is C21H27N3O. The van der Waals surface area contributed by atoms with Gasteiger partial charge in [0.05, 0.1) is 0 Å². The van der Waals surface area contributed by atoms with Crippen LogP contribution in [-0.4, -0.2) is 51.1 Å². The summed E-state index contributed by atoms with van der Waals surface area (Å²) in [5, 5.41) is 0. The van der Waals surface area contributed by atoms with Gasteiger partial charge in [-0.15, -0.1) is 0 Å². The SMILES string of the molecule is Cc1ccccc1N1CCCN(C(=O)c2cccc(N(C)C)c2)CC1. The molecule has 0 N–H and O–H groups in total. The number of amides is 1. The first-order valence-corrected chi connectivity index (χ1v) is 8.93. The number of benzene rings is 2. The van der Waals surface area contributed by atoms with Gasteiger partial charge in [0.25, 0.3) is 5.91 Å². The third kappa shape index (κ3) is 3.95. The summed E-state index contributed by atoms with van der Waals surface area (Å²) in [5.74, 6) is 0.135. The van der Waals surface area contributed by atoms with Crippen molar-refractivity contribution in [3.05, 3.63) is 59.7 Å². The molecule has 0 saturated carbocycles. The van der Waals surface area contributed by atoms with E-state index in [0.29, 0.717) is 0 Å². The van der Waals surface area contributed by atoms with Gasteiger partial charge in [0.2, 0.25) is 0 Å². The Hall–Kier alpha value is -2.49. The van der Waals surface area contributed by atoms with Gasteiger partial charge in [-0.25, -0.2) is 0 Å². The number of hydrogen-bond donors (Lipinski definition) is 0. The molecule has 132 valence electrons. The van der Waals surface area contributed by atoms with Gasteiger partial charge in [-0.3, -0.25) is 4.79 Å². The van der Waals surface area contributed by atoms with Crippen molar-refractivity contribution in [3.8, 4) is 0 Å². The smallest absolute Gasteiger partial charge is 0.253 e. The lowest BCUT2D eigenvalue weighted by Gasteiger charge is -2.25. The topological polar surface area (TPSA) is 26.8 Å². The van der Waals surface area contributed by atoms with Crippen LogP contribution in [0.4, 0.5) is 11.4 Å². The highest BCUT2D eigenvalue weighted by atomic mass is 16.2. The first kappa shape index (κ1) is 17.3. The third-order valence-corrected chi connectivity index (χ3v) is 4.85. The van der Waals surface area contributed by atoms with Crippen LogP contribution in [0.5, 0.6) is 0 Å². The second-order valence-electron chi connectivity index (χ2n) is 6.86. The summed E-state index contributed by atoms with van der Waals surface area (Å²) >= 11 is 0. The second-order valence-corrected chi connectivity index (χ2v) is 6.86. The molecule has 2 aromatic carbocycles. The molecule has 0 spiro atoms. The highest BCUT2D eigenvalue weighted by molar-refractivity contribution is 5.95. The Labute approximate surface area is 150 Å². The summed E-state index contributed by atoms with van der Waals surface area (Å²) < 4.78 is 0. The van der Waals surface area contributed by atoms with Crippen LogP contribution in [0.1, 0.15) is 22.3 Å². The lowest BCUT2D eigenvalue weighted by molar-refractivity contribution is 0.0767. The molecule has 0 aliphatic carbocycles. The second kappa shape index (κ2) is 7.60. The summed E-state index contributed by atoms with van der Waals surface area (Å²) in [7, 11) is 3.99. The van der Waals surface area contributed by atoms with Gasteiger partial charge in [0.15, 0.2) is 0 Å². The number of aryl methyl sites for hydroxylation is 1. The maximum Gasteiger partial charge on any atom is 0.253 e. The quantitative estimate of drug-likeness (QED) is 0.859. The molecule has 25 heavy (non-hydrogen) atoms. The molecule has 0 bridgehead atoms. The zero-order chi connectivity index (χ0) is 17.8. The van der Waals surface area contributed by atoms with Crippen molar-refractivity contribution in [3.63, 3.8) is 0 Å². The van der Waals surface area contributed by atoms with Crippen LogP contribution in [0.15, 0.2) is 48.5 Å². The third-order valence-electron chi connectivity index (χ3n) is 4.85. The molecule has 3 rings (SSSR count). The summed E-state index contributed by atoms with van der Waals surface area (Å²) in [4.78, 5) is 19.3. The van der Waals surface area contributed by atoms with Crippen LogP contribution in [0.2, 0.25) is 0 Å². The minimum Gasteiger partial charge on any atom is -0.378 e. The maximum absolute atomic E-state index is 12.9. The van der Waals surface area contributed by atoms with E-state index in [0.717, 1.165) is 43.9 Å². The average Bonchev–Trinajstić information content (AvgIpc) is 2.87. The van der Waals surface area contributed by atoms with E-state index in [9.17, 15) is 4.79 Å². The van der Waals surface area contributed by atoms with E-state index >= 15 is 0 Å². The first-order chi connectivity index (χ1) is 12.1. The summed E-state index contributed by atoms with van der Waals surface area (Å²) in [6.45, 7) is 5.60. The van der Waals surface area contributed by atoms with E-state index in [1.54, 1.807) is 0 Å². The zero-order valence-electron chi connectivity index (χ0n) is 15.4. The van der Waals surface area contributed by atoms with Gasteiger partial charge in [-0.1, -0.05) is 24.3 Å². The Morgan fingerprint density at radius 2 is 1.76 bits per heavy atom. The fourth-order valence-corrected chi connectivity index (χ4v) is 3.38. The molecule has 2 aromatic rings. The molecule has 1 heterocycles. The van der Waals surface area contributed by atoms with Crippen LogP contribution in [0.3, 0.4) is 0 Å². The van der Waals surface area contributed by atoms with Gasteiger partial charge in [-0.05, 0) is 43.2 Å². The average molecular weight is 337 g/mol. The van der Waals surface area contributed by atoms with Gasteiger partial charge in [-0.2, -0.15) is 0 Å². The Morgan fingerprint density at radius 1 is 0.960 bits per heavy atom. The Bertz CT molecular complexity index is 741. The summed E-state index contributed by atoms with van der Waals surface area (Å²) in [6, 6.07) is 16.4. The van der Waals surface area contributed by atoms with Crippen LogP contribution >= 0.6 is 0 Å². The van der Waals surface area contributed by atoms with E-state index in [1.165, 1.54) is 11.3 Å². The van der Waals surface area contributed by atoms with Crippen LogP contribution in [0.25, 0.3) is 0 Å². The maximum atomic E-state index is 12.9. The van der Waals surface area contributed by atoms with Crippen molar-refractivity contribution >= 4 is 17.3 Å².